The summed E-state index contributed by atoms with van der Waals surface area (Å²) < 4.78 is 0. The van der Waals surface area contributed by atoms with Crippen LogP contribution >= 0.6 is 0 Å². The second-order valence-corrected chi connectivity index (χ2v) is 6.11. The molecule has 0 radical (unpaired) electrons. The molecule has 0 saturated heterocycles. The monoisotopic (exact) mass is 283 g/mol. The van der Waals surface area contributed by atoms with Crippen LogP contribution in [0.25, 0.3) is 0 Å². The molecular weight excluding hydrogens is 262 g/mol. The number of amides is 1. The van der Waals surface area contributed by atoms with Crippen molar-refractivity contribution in [2.75, 3.05) is 6.54 Å². The number of hydrogen-bond donors (Lipinski definition) is 2. The van der Waals surface area contributed by atoms with E-state index in [1.807, 2.05) is 6.07 Å². The number of fused-ring (bicyclic) bond motifs is 1. The van der Waals surface area contributed by atoms with Crippen molar-refractivity contribution >= 4 is 5.91 Å². The van der Waals surface area contributed by atoms with Gasteiger partial charge in [0.1, 0.15) is 0 Å². The van der Waals surface area contributed by atoms with Crippen molar-refractivity contribution in [1.82, 2.24) is 15.5 Å². The van der Waals surface area contributed by atoms with Gasteiger partial charge in [0.25, 0.3) is 0 Å². The maximum Gasteiger partial charge on any atom is 0.226 e. The highest BCUT2D eigenvalue weighted by Crippen LogP contribution is 2.36. The number of benzene rings is 1. The van der Waals surface area contributed by atoms with Crippen molar-refractivity contribution < 1.29 is 4.79 Å². The number of aromatic amines is 1. The van der Waals surface area contributed by atoms with Crippen molar-refractivity contribution in [2.45, 2.75) is 38.0 Å². The molecule has 21 heavy (non-hydrogen) atoms. The molecule has 2 N–H and O–H groups in total. The molecule has 1 aromatic carbocycles. The number of H-pyrrole nitrogens is 1. The van der Waals surface area contributed by atoms with Gasteiger partial charge >= 0.3 is 0 Å². The normalized spacial score (nSPS) is 20.8. The van der Waals surface area contributed by atoms with E-state index in [1.165, 1.54) is 17.5 Å². The Labute approximate surface area is 125 Å². The zero-order valence-corrected chi connectivity index (χ0v) is 12.4. The fourth-order valence-corrected chi connectivity index (χ4v) is 3.23. The van der Waals surface area contributed by atoms with Gasteiger partial charge < -0.3 is 5.32 Å². The molecule has 1 atom stereocenters. The fourth-order valence-electron chi connectivity index (χ4n) is 3.23. The Morgan fingerprint density at radius 2 is 2.24 bits per heavy atom. The van der Waals surface area contributed by atoms with E-state index in [-0.39, 0.29) is 11.3 Å². The quantitative estimate of drug-likeness (QED) is 0.905. The first kappa shape index (κ1) is 13.9. The lowest BCUT2D eigenvalue weighted by atomic mass is 9.71. The minimum atomic E-state index is 0.0402. The molecule has 0 saturated carbocycles. The van der Waals surface area contributed by atoms with Gasteiger partial charge in [0.15, 0.2) is 0 Å². The maximum absolute atomic E-state index is 12.0. The van der Waals surface area contributed by atoms with E-state index < -0.39 is 0 Å². The van der Waals surface area contributed by atoms with E-state index in [4.69, 9.17) is 0 Å². The van der Waals surface area contributed by atoms with Crippen LogP contribution in [0.5, 0.6) is 0 Å². The first-order chi connectivity index (χ1) is 10.2. The lowest BCUT2D eigenvalue weighted by molar-refractivity contribution is -0.120. The zero-order valence-electron chi connectivity index (χ0n) is 12.4. The molecule has 4 nitrogen and oxygen atoms in total. The standard InChI is InChI=1S/C17H21N3O/c1-17(9-4-6-13-5-2-3-7-15(13)17)12-18-16(21)11-14-8-10-19-20-14/h2-3,5,7-8,10H,4,6,9,11-12H2,1H3,(H,18,21)(H,19,20)/t17-/m0/s1. The van der Waals surface area contributed by atoms with E-state index in [0.29, 0.717) is 13.0 Å². The van der Waals surface area contributed by atoms with Crippen LogP contribution < -0.4 is 5.32 Å². The first-order valence-corrected chi connectivity index (χ1v) is 7.51. The number of hydrogen-bond acceptors (Lipinski definition) is 2. The number of carbonyl (C=O) groups is 1. The van der Waals surface area contributed by atoms with E-state index in [0.717, 1.165) is 18.5 Å². The fraction of sp³-hybridized carbons (Fsp3) is 0.412. The van der Waals surface area contributed by atoms with E-state index in [2.05, 4.69) is 46.7 Å². The van der Waals surface area contributed by atoms with E-state index >= 15 is 0 Å². The predicted octanol–water partition coefficient (Wildman–Crippen LogP) is 2.36. The molecule has 0 spiro atoms. The third-order valence-corrected chi connectivity index (χ3v) is 4.43. The second kappa shape index (κ2) is 5.72. The summed E-state index contributed by atoms with van der Waals surface area (Å²) in [6.07, 6.45) is 5.48. The van der Waals surface area contributed by atoms with Gasteiger partial charge in [-0.25, -0.2) is 0 Å². The number of carbonyl (C=O) groups excluding carboxylic acids is 1. The van der Waals surface area contributed by atoms with Gasteiger partial charge in [-0.3, -0.25) is 9.89 Å². The number of aromatic nitrogens is 2. The molecular formula is C17H21N3O. The zero-order chi connectivity index (χ0) is 14.7. The molecule has 1 amide bonds. The minimum Gasteiger partial charge on any atom is -0.355 e. The summed E-state index contributed by atoms with van der Waals surface area (Å²) in [5, 5.41) is 9.77. The summed E-state index contributed by atoms with van der Waals surface area (Å²) in [5.41, 5.74) is 3.70. The van der Waals surface area contributed by atoms with E-state index in [9.17, 15) is 4.79 Å². The van der Waals surface area contributed by atoms with Crippen LogP contribution in [0.3, 0.4) is 0 Å². The molecule has 2 aromatic rings. The molecule has 0 fully saturated rings. The van der Waals surface area contributed by atoms with Gasteiger partial charge in [-0.05, 0) is 36.5 Å². The number of nitrogens with zero attached hydrogens (tertiary/aromatic N) is 1. The molecule has 4 heteroatoms. The number of rotatable bonds is 4. The molecule has 1 aliphatic rings. The average Bonchev–Trinajstić information content (AvgIpc) is 2.99. The summed E-state index contributed by atoms with van der Waals surface area (Å²) >= 11 is 0. The van der Waals surface area contributed by atoms with Crippen LogP contribution in [-0.4, -0.2) is 22.6 Å². The predicted molar refractivity (Wildman–Crippen MR) is 82.0 cm³/mol. The number of nitrogens with one attached hydrogen (secondary N) is 2. The molecule has 1 aromatic heterocycles. The molecule has 0 unspecified atom stereocenters. The average molecular weight is 283 g/mol. The summed E-state index contributed by atoms with van der Waals surface area (Å²) in [6, 6.07) is 10.4. The third kappa shape index (κ3) is 2.99. The second-order valence-electron chi connectivity index (χ2n) is 6.11. The van der Waals surface area contributed by atoms with Crippen LogP contribution in [0.4, 0.5) is 0 Å². The molecule has 110 valence electrons. The van der Waals surface area contributed by atoms with Crippen LogP contribution in [0.2, 0.25) is 0 Å². The van der Waals surface area contributed by atoms with Crippen LogP contribution in [0, 0.1) is 0 Å². The molecule has 0 aliphatic heterocycles. The highest BCUT2D eigenvalue weighted by molar-refractivity contribution is 5.78. The Bertz CT molecular complexity index is 621. The van der Waals surface area contributed by atoms with Crippen molar-refractivity contribution in [3.63, 3.8) is 0 Å². The van der Waals surface area contributed by atoms with Crippen molar-refractivity contribution in [1.29, 1.82) is 0 Å². The summed E-state index contributed by atoms with van der Waals surface area (Å²) in [7, 11) is 0. The van der Waals surface area contributed by atoms with Gasteiger partial charge in [0.2, 0.25) is 5.91 Å². The Morgan fingerprint density at radius 3 is 3.05 bits per heavy atom. The minimum absolute atomic E-state index is 0.0402. The smallest absolute Gasteiger partial charge is 0.226 e. The highest BCUT2D eigenvalue weighted by atomic mass is 16.1. The Balaban J connectivity index is 1.66. The first-order valence-electron chi connectivity index (χ1n) is 7.51. The lowest BCUT2D eigenvalue weighted by Crippen LogP contribution is -2.41. The van der Waals surface area contributed by atoms with Crippen LogP contribution in [0.1, 0.15) is 36.6 Å². The van der Waals surface area contributed by atoms with Gasteiger partial charge in [-0.2, -0.15) is 5.10 Å². The summed E-state index contributed by atoms with van der Waals surface area (Å²) in [6.45, 7) is 2.94. The number of aryl methyl sites for hydroxylation is 1. The van der Waals surface area contributed by atoms with Crippen molar-refractivity contribution in [2.24, 2.45) is 0 Å². The van der Waals surface area contributed by atoms with Crippen LogP contribution in [0.15, 0.2) is 36.5 Å². The van der Waals surface area contributed by atoms with Crippen LogP contribution in [-0.2, 0) is 23.1 Å². The Hall–Kier alpha value is -2.10. The third-order valence-electron chi connectivity index (χ3n) is 4.43. The summed E-state index contributed by atoms with van der Waals surface area (Å²) in [4.78, 5) is 12.0. The highest BCUT2D eigenvalue weighted by Gasteiger charge is 2.31. The molecule has 1 aliphatic carbocycles. The summed E-state index contributed by atoms with van der Waals surface area (Å²) in [5.74, 6) is 0.0449. The van der Waals surface area contributed by atoms with Gasteiger partial charge in [0.05, 0.1) is 6.42 Å². The van der Waals surface area contributed by atoms with E-state index in [1.54, 1.807) is 6.20 Å². The topological polar surface area (TPSA) is 57.8 Å². The largest absolute Gasteiger partial charge is 0.355 e. The molecule has 1 heterocycles. The molecule has 0 bridgehead atoms. The maximum atomic E-state index is 12.0. The Kier molecular flexibility index (Phi) is 3.78. The SMILES string of the molecule is C[C@@]1(CNC(=O)Cc2ccn[nH]2)CCCc2ccccc21. The molecule has 3 rings (SSSR count). The van der Waals surface area contributed by atoms with Gasteiger partial charge in [0, 0.05) is 23.9 Å². The lowest BCUT2D eigenvalue weighted by Gasteiger charge is -2.36. The Morgan fingerprint density at radius 1 is 1.38 bits per heavy atom. The van der Waals surface area contributed by atoms with Gasteiger partial charge in [-0.1, -0.05) is 31.2 Å². The van der Waals surface area contributed by atoms with Gasteiger partial charge in [-0.15, -0.1) is 0 Å². The van der Waals surface area contributed by atoms with Crippen molar-refractivity contribution in [3.05, 3.63) is 53.3 Å². The van der Waals surface area contributed by atoms with Crippen molar-refractivity contribution in [3.8, 4) is 0 Å².